The third-order valence-electron chi connectivity index (χ3n) is 4.31. The molecule has 2 amide bonds. The van der Waals surface area contributed by atoms with Crippen LogP contribution >= 0.6 is 0 Å². The van der Waals surface area contributed by atoms with E-state index in [2.05, 4.69) is 5.32 Å². The van der Waals surface area contributed by atoms with Gasteiger partial charge in [-0.3, -0.25) is 9.59 Å². The van der Waals surface area contributed by atoms with Crippen LogP contribution in [0.15, 0.2) is 42.5 Å². The van der Waals surface area contributed by atoms with Gasteiger partial charge in [-0.2, -0.15) is 0 Å². The van der Waals surface area contributed by atoms with E-state index in [1.54, 1.807) is 44.3 Å². The van der Waals surface area contributed by atoms with Gasteiger partial charge >= 0.3 is 5.97 Å². The van der Waals surface area contributed by atoms with Gasteiger partial charge in [0.15, 0.2) is 6.61 Å². The lowest BCUT2D eigenvalue weighted by atomic mass is 10.0. The molecule has 1 atom stereocenters. The molecule has 2 N–H and O–H groups in total. The lowest BCUT2D eigenvalue weighted by Gasteiger charge is -2.28. The molecule has 2 aromatic rings. The number of nitrogens with one attached hydrogen (secondary N) is 1. The Kier molecular flexibility index (Phi) is 4.62. The molecule has 0 saturated heterocycles. The van der Waals surface area contributed by atoms with E-state index < -0.39 is 5.97 Å². The number of hydrogen-bond donors (Lipinski definition) is 2. The summed E-state index contributed by atoms with van der Waals surface area (Å²) in [6.07, 6.45) is 0. The standard InChI is InChI=1S/C19H18N2O5/c1-11(12-6-8-13(9-7-12)19(24)25)20-18(23)14-4-3-5-15-17(14)21(2)16(22)10-26-15/h3-9,11H,10H2,1-2H3,(H,20,23)(H,24,25)/t11-/m1/s1. The highest BCUT2D eigenvalue weighted by molar-refractivity contribution is 6.07. The number of para-hydroxylation sites is 1. The van der Waals surface area contributed by atoms with Crippen LogP contribution in [0.5, 0.6) is 5.75 Å². The fourth-order valence-electron chi connectivity index (χ4n) is 2.80. The highest BCUT2D eigenvalue weighted by atomic mass is 16.5. The largest absolute Gasteiger partial charge is 0.482 e. The van der Waals surface area contributed by atoms with Gasteiger partial charge in [-0.15, -0.1) is 0 Å². The monoisotopic (exact) mass is 354 g/mol. The van der Waals surface area contributed by atoms with Gasteiger partial charge in [-0.05, 0) is 36.8 Å². The van der Waals surface area contributed by atoms with Crippen molar-refractivity contribution in [2.24, 2.45) is 0 Å². The van der Waals surface area contributed by atoms with Crippen LogP contribution in [0.4, 0.5) is 5.69 Å². The number of aromatic carboxylic acids is 1. The number of anilines is 1. The zero-order chi connectivity index (χ0) is 18.8. The molecule has 0 radical (unpaired) electrons. The number of rotatable bonds is 4. The van der Waals surface area contributed by atoms with Gasteiger partial charge in [-0.1, -0.05) is 18.2 Å². The van der Waals surface area contributed by atoms with E-state index >= 15 is 0 Å². The molecule has 1 aliphatic rings. The number of carboxylic acid groups (broad SMARTS) is 1. The van der Waals surface area contributed by atoms with E-state index in [1.165, 1.54) is 17.0 Å². The van der Waals surface area contributed by atoms with Gasteiger partial charge in [0.1, 0.15) is 5.75 Å². The van der Waals surface area contributed by atoms with Crippen LogP contribution < -0.4 is 15.0 Å². The molecule has 0 unspecified atom stereocenters. The number of amides is 2. The second-order valence-electron chi connectivity index (χ2n) is 6.02. The number of ether oxygens (including phenoxy) is 1. The summed E-state index contributed by atoms with van der Waals surface area (Å²) in [5, 5.41) is 11.8. The van der Waals surface area contributed by atoms with Crippen LogP contribution in [0, 0.1) is 0 Å². The van der Waals surface area contributed by atoms with Crippen LogP contribution in [-0.4, -0.2) is 36.5 Å². The molecule has 1 aliphatic heterocycles. The van der Waals surface area contributed by atoms with Gasteiger partial charge in [0, 0.05) is 7.05 Å². The Labute approximate surface area is 150 Å². The van der Waals surface area contributed by atoms with Gasteiger partial charge in [-0.25, -0.2) is 4.79 Å². The lowest BCUT2D eigenvalue weighted by Crippen LogP contribution is -2.38. The summed E-state index contributed by atoms with van der Waals surface area (Å²) in [5.74, 6) is -1.09. The molecule has 0 aliphatic carbocycles. The molecule has 0 fully saturated rings. The van der Waals surface area contributed by atoms with Crippen LogP contribution in [0.3, 0.4) is 0 Å². The average Bonchev–Trinajstić information content (AvgIpc) is 2.64. The fourth-order valence-corrected chi connectivity index (χ4v) is 2.80. The Morgan fingerprint density at radius 2 is 1.88 bits per heavy atom. The van der Waals surface area contributed by atoms with Crippen LogP contribution in [0.1, 0.15) is 39.2 Å². The van der Waals surface area contributed by atoms with Crippen molar-refractivity contribution >= 4 is 23.5 Å². The zero-order valence-corrected chi connectivity index (χ0v) is 14.4. The number of benzene rings is 2. The summed E-state index contributed by atoms with van der Waals surface area (Å²) in [4.78, 5) is 37.0. The van der Waals surface area contributed by atoms with Gasteiger partial charge in [0.05, 0.1) is 22.9 Å². The fraction of sp³-hybridized carbons (Fsp3) is 0.211. The summed E-state index contributed by atoms with van der Waals surface area (Å²) >= 11 is 0. The summed E-state index contributed by atoms with van der Waals surface area (Å²) in [6.45, 7) is 1.75. The Balaban J connectivity index is 1.82. The Hall–Kier alpha value is -3.35. The van der Waals surface area contributed by atoms with Gasteiger partial charge < -0.3 is 20.1 Å². The molecular weight excluding hydrogens is 336 g/mol. The third kappa shape index (κ3) is 3.23. The van der Waals surface area contributed by atoms with E-state index in [1.807, 2.05) is 0 Å². The van der Waals surface area contributed by atoms with Crippen molar-refractivity contribution in [2.45, 2.75) is 13.0 Å². The maximum atomic E-state index is 12.7. The third-order valence-corrected chi connectivity index (χ3v) is 4.31. The number of nitrogens with zero attached hydrogens (tertiary/aromatic N) is 1. The van der Waals surface area contributed by atoms with Crippen molar-refractivity contribution in [1.29, 1.82) is 0 Å². The molecule has 0 saturated carbocycles. The van der Waals surface area contributed by atoms with Crippen molar-refractivity contribution in [3.63, 3.8) is 0 Å². The molecule has 134 valence electrons. The smallest absolute Gasteiger partial charge is 0.335 e. The predicted octanol–water partition coefficient (Wildman–Crippen LogP) is 2.23. The number of carboxylic acids is 1. The predicted molar refractivity (Wildman–Crippen MR) is 94.6 cm³/mol. The quantitative estimate of drug-likeness (QED) is 0.878. The molecule has 0 spiro atoms. The highest BCUT2D eigenvalue weighted by Crippen LogP contribution is 2.34. The zero-order valence-electron chi connectivity index (χ0n) is 14.4. The normalized spacial score (nSPS) is 14.2. The van der Waals surface area contributed by atoms with Crippen LogP contribution in [0.2, 0.25) is 0 Å². The van der Waals surface area contributed by atoms with E-state index in [-0.39, 0.29) is 30.0 Å². The minimum absolute atomic E-state index is 0.0547. The first kappa shape index (κ1) is 17.5. The molecule has 3 rings (SSSR count). The second kappa shape index (κ2) is 6.87. The minimum Gasteiger partial charge on any atom is -0.482 e. The van der Waals surface area contributed by atoms with Crippen molar-refractivity contribution in [1.82, 2.24) is 5.32 Å². The summed E-state index contributed by atoms with van der Waals surface area (Å²) < 4.78 is 5.40. The molecule has 0 aromatic heterocycles. The van der Waals surface area contributed by atoms with Crippen molar-refractivity contribution < 1.29 is 24.2 Å². The molecule has 7 heteroatoms. The van der Waals surface area contributed by atoms with E-state index in [9.17, 15) is 14.4 Å². The molecule has 26 heavy (non-hydrogen) atoms. The second-order valence-corrected chi connectivity index (χ2v) is 6.02. The Morgan fingerprint density at radius 3 is 2.54 bits per heavy atom. The van der Waals surface area contributed by atoms with Gasteiger partial charge in [0.2, 0.25) is 0 Å². The first-order valence-electron chi connectivity index (χ1n) is 8.05. The van der Waals surface area contributed by atoms with Gasteiger partial charge in [0.25, 0.3) is 11.8 Å². The first-order valence-corrected chi connectivity index (χ1v) is 8.05. The number of likely N-dealkylation sites (N-methyl/N-ethyl adjacent to an activating group) is 1. The van der Waals surface area contributed by atoms with E-state index in [0.29, 0.717) is 17.0 Å². The highest BCUT2D eigenvalue weighted by Gasteiger charge is 2.27. The minimum atomic E-state index is -1.00. The van der Waals surface area contributed by atoms with Crippen molar-refractivity contribution in [3.8, 4) is 5.75 Å². The molecule has 7 nitrogen and oxygen atoms in total. The SMILES string of the molecule is C[C@@H](NC(=O)c1cccc2c1N(C)C(=O)CO2)c1ccc(C(=O)O)cc1. The maximum absolute atomic E-state index is 12.7. The van der Waals surface area contributed by atoms with E-state index in [4.69, 9.17) is 9.84 Å². The van der Waals surface area contributed by atoms with Crippen molar-refractivity contribution in [2.75, 3.05) is 18.6 Å². The Morgan fingerprint density at radius 1 is 1.19 bits per heavy atom. The summed E-state index contributed by atoms with van der Waals surface area (Å²) in [7, 11) is 1.61. The van der Waals surface area contributed by atoms with E-state index in [0.717, 1.165) is 5.56 Å². The number of carbonyl (C=O) groups excluding carboxylic acids is 2. The molecular formula is C19H18N2O5. The summed E-state index contributed by atoms with van der Waals surface area (Å²) in [5.41, 5.74) is 1.73. The van der Waals surface area contributed by atoms with Crippen LogP contribution in [-0.2, 0) is 4.79 Å². The topological polar surface area (TPSA) is 95.9 Å². The first-order chi connectivity index (χ1) is 12.4. The average molecular weight is 354 g/mol. The number of hydrogen-bond acceptors (Lipinski definition) is 4. The number of carbonyl (C=O) groups is 3. The lowest BCUT2D eigenvalue weighted by molar-refractivity contribution is -0.120. The number of fused-ring (bicyclic) bond motifs is 1. The summed E-state index contributed by atoms with van der Waals surface area (Å²) in [6, 6.07) is 11.0. The van der Waals surface area contributed by atoms with Crippen LogP contribution in [0.25, 0.3) is 0 Å². The Bertz CT molecular complexity index is 876. The maximum Gasteiger partial charge on any atom is 0.335 e. The molecule has 0 bridgehead atoms. The molecule has 1 heterocycles. The van der Waals surface area contributed by atoms with Crippen molar-refractivity contribution in [3.05, 3.63) is 59.2 Å². The molecule has 2 aromatic carbocycles.